The van der Waals surface area contributed by atoms with Crippen molar-refractivity contribution in [3.8, 4) is 22.5 Å². The van der Waals surface area contributed by atoms with Crippen LogP contribution >= 0.6 is 0 Å². The van der Waals surface area contributed by atoms with Crippen molar-refractivity contribution in [1.82, 2.24) is 9.97 Å². The highest BCUT2D eigenvalue weighted by Crippen LogP contribution is 2.34. The molecule has 0 bridgehead atoms. The van der Waals surface area contributed by atoms with Gasteiger partial charge in [-0.3, -0.25) is 0 Å². The van der Waals surface area contributed by atoms with E-state index < -0.39 is 45.9 Å². The first-order chi connectivity index (χ1) is 13.4. The van der Waals surface area contributed by atoms with E-state index in [1.807, 2.05) is 0 Å². The second kappa shape index (κ2) is 6.63. The van der Waals surface area contributed by atoms with Gasteiger partial charge in [-0.1, -0.05) is 0 Å². The highest BCUT2D eigenvalue weighted by Gasteiger charge is 2.25. The quantitative estimate of drug-likeness (QED) is 0.246. The molecule has 0 aliphatic heterocycles. The van der Waals surface area contributed by atoms with E-state index in [4.69, 9.17) is 0 Å². The first kappa shape index (κ1) is 18.0. The number of rotatable bonds is 2. The van der Waals surface area contributed by atoms with Crippen LogP contribution in [-0.4, -0.2) is 9.97 Å². The zero-order chi connectivity index (χ0) is 20.0. The molecule has 0 amide bonds. The lowest BCUT2D eigenvalue weighted by molar-refractivity contribution is 0.416. The SMILES string of the molecule is Fc1ccc(-c2nc3c(F)c(F)c(F)c(F)c3nc2-c2ccc(F)cc2)cc1. The van der Waals surface area contributed by atoms with Crippen molar-refractivity contribution in [2.75, 3.05) is 0 Å². The number of hydrogen-bond acceptors (Lipinski definition) is 2. The molecule has 1 aromatic heterocycles. The van der Waals surface area contributed by atoms with E-state index in [9.17, 15) is 26.3 Å². The molecular formula is C20H8F6N2. The Morgan fingerprint density at radius 1 is 0.429 bits per heavy atom. The predicted molar refractivity (Wildman–Crippen MR) is 90.2 cm³/mol. The van der Waals surface area contributed by atoms with Gasteiger partial charge in [-0.05, 0) is 48.5 Å². The second-order valence-electron chi connectivity index (χ2n) is 5.89. The molecule has 4 aromatic rings. The summed E-state index contributed by atoms with van der Waals surface area (Å²) in [4.78, 5) is 7.87. The molecule has 2 nitrogen and oxygen atoms in total. The molecule has 0 spiro atoms. The number of benzene rings is 3. The minimum atomic E-state index is -2.01. The third kappa shape index (κ3) is 2.87. The summed E-state index contributed by atoms with van der Waals surface area (Å²) in [5, 5.41) is 0. The maximum atomic E-state index is 14.2. The second-order valence-corrected chi connectivity index (χ2v) is 5.89. The maximum absolute atomic E-state index is 14.2. The Balaban J connectivity index is 2.11. The van der Waals surface area contributed by atoms with Crippen LogP contribution in [0, 0.1) is 34.9 Å². The Bertz CT molecular complexity index is 1110. The van der Waals surface area contributed by atoms with Crippen LogP contribution < -0.4 is 0 Å². The molecule has 28 heavy (non-hydrogen) atoms. The van der Waals surface area contributed by atoms with Crippen molar-refractivity contribution in [1.29, 1.82) is 0 Å². The number of hydrogen-bond donors (Lipinski definition) is 0. The van der Waals surface area contributed by atoms with Gasteiger partial charge in [0.2, 0.25) is 0 Å². The first-order valence-corrected chi connectivity index (χ1v) is 7.92. The van der Waals surface area contributed by atoms with Crippen LogP contribution in [0.4, 0.5) is 26.3 Å². The van der Waals surface area contributed by atoms with E-state index in [1.165, 1.54) is 24.3 Å². The lowest BCUT2D eigenvalue weighted by Gasteiger charge is -2.12. The molecule has 0 unspecified atom stereocenters. The fourth-order valence-electron chi connectivity index (χ4n) is 2.76. The Kier molecular flexibility index (Phi) is 4.26. The molecule has 0 atom stereocenters. The van der Waals surface area contributed by atoms with Gasteiger partial charge in [0.15, 0.2) is 23.3 Å². The molecule has 4 rings (SSSR count). The van der Waals surface area contributed by atoms with Gasteiger partial charge < -0.3 is 0 Å². The largest absolute Gasteiger partial charge is 0.241 e. The molecule has 0 saturated carbocycles. The smallest absolute Gasteiger partial charge is 0.199 e. The highest BCUT2D eigenvalue weighted by atomic mass is 19.2. The van der Waals surface area contributed by atoms with Gasteiger partial charge in [-0.2, -0.15) is 0 Å². The minimum absolute atomic E-state index is 0.0385. The van der Waals surface area contributed by atoms with E-state index in [0.717, 1.165) is 24.3 Å². The van der Waals surface area contributed by atoms with Gasteiger partial charge >= 0.3 is 0 Å². The Hall–Kier alpha value is -3.42. The van der Waals surface area contributed by atoms with Crippen molar-refractivity contribution in [2.24, 2.45) is 0 Å². The van der Waals surface area contributed by atoms with Crippen LogP contribution in [0.5, 0.6) is 0 Å². The zero-order valence-electron chi connectivity index (χ0n) is 13.8. The summed E-state index contributed by atoms with van der Waals surface area (Å²) < 4.78 is 82.2. The topological polar surface area (TPSA) is 25.8 Å². The number of nitrogens with zero attached hydrogens (tertiary/aromatic N) is 2. The molecule has 3 aromatic carbocycles. The predicted octanol–water partition coefficient (Wildman–Crippen LogP) is 5.80. The van der Waals surface area contributed by atoms with E-state index >= 15 is 0 Å². The normalized spacial score (nSPS) is 11.2. The van der Waals surface area contributed by atoms with Gasteiger partial charge in [0.05, 0.1) is 11.4 Å². The summed E-state index contributed by atoms with van der Waals surface area (Å²) in [6, 6.07) is 9.68. The molecular weight excluding hydrogens is 382 g/mol. The third-order valence-electron chi connectivity index (χ3n) is 4.13. The molecule has 0 aliphatic rings. The summed E-state index contributed by atoms with van der Waals surface area (Å²) in [5.74, 6) is -8.53. The zero-order valence-corrected chi connectivity index (χ0v) is 13.8. The average Bonchev–Trinajstić information content (AvgIpc) is 2.71. The molecule has 0 aliphatic carbocycles. The minimum Gasteiger partial charge on any atom is -0.241 e. The van der Waals surface area contributed by atoms with Crippen LogP contribution in [0.3, 0.4) is 0 Å². The Morgan fingerprint density at radius 3 is 1.07 bits per heavy atom. The Labute approximate surface area is 154 Å². The van der Waals surface area contributed by atoms with E-state index in [0.29, 0.717) is 0 Å². The van der Waals surface area contributed by atoms with Crippen LogP contribution in [0.25, 0.3) is 33.5 Å². The van der Waals surface area contributed by atoms with Crippen molar-refractivity contribution < 1.29 is 26.3 Å². The number of fused-ring (bicyclic) bond motifs is 1. The molecule has 8 heteroatoms. The fourth-order valence-corrected chi connectivity index (χ4v) is 2.76. The monoisotopic (exact) mass is 390 g/mol. The molecule has 140 valence electrons. The molecule has 0 radical (unpaired) electrons. The van der Waals surface area contributed by atoms with Crippen molar-refractivity contribution >= 4 is 11.0 Å². The fraction of sp³-hybridized carbons (Fsp3) is 0. The van der Waals surface area contributed by atoms with Crippen LogP contribution in [0.15, 0.2) is 48.5 Å². The van der Waals surface area contributed by atoms with Gasteiger partial charge in [0.25, 0.3) is 0 Å². The standard InChI is InChI=1S/C20H8F6N2/c21-11-5-1-9(2-6-11)17-18(10-3-7-12(22)8-4-10)28-20-16(26)14(24)13(23)15(25)19(20)27-17/h1-8H. The summed E-state index contributed by atoms with van der Waals surface area (Å²) in [6.07, 6.45) is 0. The van der Waals surface area contributed by atoms with E-state index in [-0.39, 0.29) is 22.5 Å². The van der Waals surface area contributed by atoms with Gasteiger partial charge in [0, 0.05) is 11.1 Å². The van der Waals surface area contributed by atoms with Crippen LogP contribution in [0.1, 0.15) is 0 Å². The summed E-state index contributed by atoms with van der Waals surface area (Å²) >= 11 is 0. The van der Waals surface area contributed by atoms with Crippen molar-refractivity contribution in [3.63, 3.8) is 0 Å². The van der Waals surface area contributed by atoms with Gasteiger partial charge in [-0.15, -0.1) is 0 Å². The lowest BCUT2D eigenvalue weighted by Crippen LogP contribution is -2.04. The van der Waals surface area contributed by atoms with Gasteiger partial charge in [0.1, 0.15) is 22.7 Å². The molecule has 0 fully saturated rings. The molecule has 1 heterocycles. The van der Waals surface area contributed by atoms with Gasteiger partial charge in [-0.25, -0.2) is 36.3 Å². The Morgan fingerprint density at radius 2 is 0.750 bits per heavy atom. The summed E-state index contributed by atoms with van der Waals surface area (Å²) in [7, 11) is 0. The summed E-state index contributed by atoms with van der Waals surface area (Å²) in [5.41, 5.74) is -1.19. The van der Waals surface area contributed by atoms with Crippen LogP contribution in [0.2, 0.25) is 0 Å². The van der Waals surface area contributed by atoms with E-state index in [1.54, 1.807) is 0 Å². The first-order valence-electron chi connectivity index (χ1n) is 7.92. The maximum Gasteiger partial charge on any atom is 0.199 e. The van der Waals surface area contributed by atoms with Crippen LogP contribution in [-0.2, 0) is 0 Å². The molecule has 0 N–H and O–H groups in total. The lowest BCUT2D eigenvalue weighted by atomic mass is 10.0. The summed E-state index contributed by atoms with van der Waals surface area (Å²) in [6.45, 7) is 0. The van der Waals surface area contributed by atoms with Crippen molar-refractivity contribution in [2.45, 2.75) is 0 Å². The average molecular weight is 390 g/mol. The van der Waals surface area contributed by atoms with E-state index in [2.05, 4.69) is 9.97 Å². The third-order valence-corrected chi connectivity index (χ3v) is 4.13. The number of halogens is 6. The van der Waals surface area contributed by atoms with Crippen molar-refractivity contribution in [3.05, 3.63) is 83.4 Å². The molecule has 0 saturated heterocycles. The number of aromatic nitrogens is 2. The highest BCUT2D eigenvalue weighted by molar-refractivity contribution is 5.86.